The quantitative estimate of drug-likeness (QED) is 0.0321. The lowest BCUT2D eigenvalue weighted by molar-refractivity contribution is -0.312. The van der Waals surface area contributed by atoms with Crippen molar-refractivity contribution >= 4 is 69.5 Å². The van der Waals surface area contributed by atoms with E-state index in [2.05, 4.69) is 72.4 Å². The van der Waals surface area contributed by atoms with Crippen LogP contribution in [0.1, 0.15) is 113 Å². The maximum atomic E-state index is 12.2. The van der Waals surface area contributed by atoms with Gasteiger partial charge in [-0.25, -0.2) is 0 Å². The first-order chi connectivity index (χ1) is 28.5. The standard InChI is InChI=1S/2C21H27NO.C4F8I2/c2*1-2-3-4-5-6-7-18-23-21-12-10-19(11-13-21)8-9-20-14-16-22-17-15-20;5-1(6,3(9,10)13)2(7,8)4(11,12)14/h2*8-17H,2-7,18H2,1H3;/b2*9-8+;. The van der Waals surface area contributed by atoms with Crippen LogP contribution in [0.15, 0.2) is 97.6 Å². The highest BCUT2D eigenvalue weighted by Gasteiger charge is 2.79. The number of benzene rings is 2. The second-order valence-corrected chi connectivity index (χ2v) is 16.5. The summed E-state index contributed by atoms with van der Waals surface area (Å²) in [6, 6.07) is 24.5. The zero-order valence-corrected chi connectivity index (χ0v) is 38.3. The van der Waals surface area contributed by atoms with Crippen molar-refractivity contribution in [2.75, 3.05) is 13.2 Å². The second kappa shape index (κ2) is 28.3. The fourth-order valence-corrected chi connectivity index (χ4v) is 5.86. The molecule has 2 aromatic heterocycles. The Morgan fingerprint density at radius 3 is 0.967 bits per heavy atom. The molecule has 330 valence electrons. The molecule has 0 unspecified atom stereocenters. The number of alkyl halides is 10. The summed E-state index contributed by atoms with van der Waals surface area (Å²) in [6.45, 7) is 6.13. The van der Waals surface area contributed by atoms with Crippen LogP contribution in [0.4, 0.5) is 35.1 Å². The van der Waals surface area contributed by atoms with Crippen molar-refractivity contribution in [3.8, 4) is 11.5 Å². The van der Waals surface area contributed by atoms with Gasteiger partial charge in [0.05, 0.1) is 13.2 Å². The van der Waals surface area contributed by atoms with Crippen LogP contribution in [0.2, 0.25) is 0 Å². The molecule has 0 N–H and O–H groups in total. The third-order valence-electron chi connectivity index (χ3n) is 8.75. The molecule has 0 spiro atoms. The molecule has 0 radical (unpaired) electrons. The Hall–Kier alpha value is -3.28. The van der Waals surface area contributed by atoms with Crippen LogP contribution in [-0.2, 0) is 0 Å². The number of hydrogen-bond donors (Lipinski definition) is 0. The fraction of sp³-hybridized carbons (Fsp3) is 0.435. The minimum Gasteiger partial charge on any atom is -0.494 e. The van der Waals surface area contributed by atoms with E-state index in [0.29, 0.717) is 0 Å². The number of pyridine rings is 2. The molecule has 2 heterocycles. The molecule has 60 heavy (non-hydrogen) atoms. The van der Waals surface area contributed by atoms with Gasteiger partial charge in [0, 0.05) is 70.0 Å². The normalized spacial score (nSPS) is 12.1. The fourth-order valence-electron chi connectivity index (χ4n) is 5.19. The van der Waals surface area contributed by atoms with Gasteiger partial charge in [0.25, 0.3) is 0 Å². The SMILES string of the molecule is CCCCCCCCOc1ccc(/C=C/c2ccncc2)cc1.CCCCCCCCOc1ccc(/C=C/c2ccncc2)cc1.FC(F)(I)C(F)(F)C(F)(F)C(F)(F)I. The van der Waals surface area contributed by atoms with Gasteiger partial charge in [-0.2, -0.15) is 35.1 Å². The van der Waals surface area contributed by atoms with E-state index >= 15 is 0 Å². The minimum absolute atomic E-state index is 0.315. The van der Waals surface area contributed by atoms with E-state index in [1.54, 1.807) is 24.8 Å². The lowest BCUT2D eigenvalue weighted by atomic mass is 10.1. The molecule has 0 aliphatic rings. The molecule has 0 saturated heterocycles. The average molecular weight is 1070 g/mol. The van der Waals surface area contributed by atoms with E-state index in [1.807, 2.05) is 48.5 Å². The average Bonchev–Trinajstić information content (AvgIpc) is 3.23. The summed E-state index contributed by atoms with van der Waals surface area (Å²) < 4.78 is 97.7. The summed E-state index contributed by atoms with van der Waals surface area (Å²) in [6.07, 6.45) is 31.1. The van der Waals surface area contributed by atoms with Gasteiger partial charge in [0.15, 0.2) is 0 Å². The zero-order chi connectivity index (χ0) is 44.3. The van der Waals surface area contributed by atoms with Crippen LogP contribution in [0.25, 0.3) is 24.3 Å². The largest absolute Gasteiger partial charge is 0.494 e. The number of hydrogen-bond acceptors (Lipinski definition) is 4. The van der Waals surface area contributed by atoms with Crippen LogP contribution < -0.4 is 9.47 Å². The van der Waals surface area contributed by atoms with Gasteiger partial charge in [-0.05, 0) is 83.6 Å². The van der Waals surface area contributed by atoms with Gasteiger partial charge in [-0.1, -0.05) is 127 Å². The van der Waals surface area contributed by atoms with Crippen LogP contribution in [0.3, 0.4) is 0 Å². The highest BCUT2D eigenvalue weighted by atomic mass is 127. The van der Waals surface area contributed by atoms with Crippen LogP contribution in [0, 0.1) is 0 Å². The smallest absolute Gasteiger partial charge is 0.388 e. The monoisotopic (exact) mass is 1070 g/mol. The molecular formula is C46H54F8I2N2O2. The summed E-state index contributed by atoms with van der Waals surface area (Å²) in [4.78, 5) is 8.04. The summed E-state index contributed by atoms with van der Waals surface area (Å²) in [5.74, 6) is -10.3. The molecule has 14 heteroatoms. The van der Waals surface area contributed by atoms with Gasteiger partial charge in [0.1, 0.15) is 11.5 Å². The van der Waals surface area contributed by atoms with E-state index in [1.165, 1.54) is 75.3 Å². The maximum Gasteiger partial charge on any atom is 0.388 e. The molecule has 4 nitrogen and oxygen atoms in total. The topological polar surface area (TPSA) is 44.2 Å². The summed E-state index contributed by atoms with van der Waals surface area (Å²) >= 11 is -0.631. The molecule has 4 rings (SSSR count). The summed E-state index contributed by atoms with van der Waals surface area (Å²) in [7, 11) is 0. The molecule has 0 fully saturated rings. The van der Waals surface area contributed by atoms with Gasteiger partial charge in [-0.15, -0.1) is 0 Å². The Morgan fingerprint density at radius 1 is 0.417 bits per heavy atom. The van der Waals surface area contributed by atoms with E-state index in [-0.39, 0.29) is 45.2 Å². The molecule has 0 saturated carbocycles. The number of halogens is 10. The van der Waals surface area contributed by atoms with Gasteiger partial charge < -0.3 is 9.47 Å². The number of nitrogens with zero attached hydrogens (tertiary/aromatic N) is 2. The Labute approximate surface area is 377 Å². The lowest BCUT2D eigenvalue weighted by Gasteiger charge is -2.31. The Bertz CT molecular complexity index is 1620. The first-order valence-corrected chi connectivity index (χ1v) is 22.2. The lowest BCUT2D eigenvalue weighted by Crippen LogP contribution is -2.58. The molecule has 0 atom stereocenters. The van der Waals surface area contributed by atoms with E-state index in [4.69, 9.17) is 9.47 Å². The Morgan fingerprint density at radius 2 is 0.683 bits per heavy atom. The molecule has 2 aromatic carbocycles. The third kappa shape index (κ3) is 20.5. The highest BCUT2D eigenvalue weighted by molar-refractivity contribution is 14.1. The minimum atomic E-state index is -6.12. The molecular weight excluding hydrogens is 1020 g/mol. The Kier molecular flexibility index (Phi) is 25.0. The first-order valence-electron chi connectivity index (χ1n) is 20.0. The maximum absolute atomic E-state index is 12.2. The molecule has 0 aliphatic heterocycles. The van der Waals surface area contributed by atoms with Gasteiger partial charge >= 0.3 is 19.7 Å². The van der Waals surface area contributed by atoms with Crippen LogP contribution >= 0.6 is 45.2 Å². The van der Waals surface area contributed by atoms with Crippen molar-refractivity contribution in [2.24, 2.45) is 0 Å². The predicted octanol–water partition coefficient (Wildman–Crippen LogP) is 16.3. The van der Waals surface area contributed by atoms with E-state index in [9.17, 15) is 35.1 Å². The summed E-state index contributed by atoms with van der Waals surface area (Å²) in [5, 5.41) is 0. The van der Waals surface area contributed by atoms with Crippen molar-refractivity contribution in [3.05, 3.63) is 120 Å². The van der Waals surface area contributed by atoms with Crippen molar-refractivity contribution in [2.45, 2.75) is 111 Å². The molecule has 0 aliphatic carbocycles. The van der Waals surface area contributed by atoms with Crippen LogP contribution in [0.5, 0.6) is 11.5 Å². The second-order valence-electron chi connectivity index (χ2n) is 13.7. The van der Waals surface area contributed by atoms with E-state index in [0.717, 1.165) is 48.7 Å². The third-order valence-corrected chi connectivity index (χ3v) is 10.1. The molecule has 4 aromatic rings. The zero-order valence-electron chi connectivity index (χ0n) is 33.9. The molecule has 0 bridgehead atoms. The number of aromatic nitrogens is 2. The summed E-state index contributed by atoms with van der Waals surface area (Å²) in [5.41, 5.74) is 4.66. The number of ether oxygens (including phenoxy) is 2. The predicted molar refractivity (Wildman–Crippen MR) is 245 cm³/mol. The van der Waals surface area contributed by atoms with Crippen molar-refractivity contribution in [1.82, 2.24) is 9.97 Å². The number of unbranched alkanes of at least 4 members (excludes halogenated alkanes) is 10. The van der Waals surface area contributed by atoms with Gasteiger partial charge in [-0.3, -0.25) is 9.97 Å². The number of rotatable bonds is 23. The molecule has 0 amide bonds. The van der Waals surface area contributed by atoms with E-state index < -0.39 is 19.7 Å². The van der Waals surface area contributed by atoms with Crippen molar-refractivity contribution in [1.29, 1.82) is 0 Å². The Balaban J connectivity index is 0.000000321. The van der Waals surface area contributed by atoms with Gasteiger partial charge in [0.2, 0.25) is 0 Å². The van der Waals surface area contributed by atoms with Crippen molar-refractivity contribution < 1.29 is 44.6 Å². The van der Waals surface area contributed by atoms with Crippen molar-refractivity contribution in [3.63, 3.8) is 0 Å². The van der Waals surface area contributed by atoms with Crippen LogP contribution in [-0.4, -0.2) is 42.9 Å². The first kappa shape index (κ1) is 52.9. The highest BCUT2D eigenvalue weighted by Crippen LogP contribution is 2.56.